The van der Waals surface area contributed by atoms with E-state index >= 15 is 0 Å². The molecule has 2 aromatic heterocycles. The van der Waals surface area contributed by atoms with Crippen LogP contribution in [0.4, 0.5) is 0 Å². The van der Waals surface area contributed by atoms with Gasteiger partial charge in [-0.05, 0) is 24.3 Å². The Morgan fingerprint density at radius 3 is 2.07 bits per heavy atom. The van der Waals surface area contributed by atoms with Crippen molar-refractivity contribution in [2.75, 3.05) is 0 Å². The summed E-state index contributed by atoms with van der Waals surface area (Å²) in [6, 6.07) is 6.80. The van der Waals surface area contributed by atoms with Crippen LogP contribution in [0, 0.1) is 0 Å². The van der Waals surface area contributed by atoms with Crippen LogP contribution in [0.25, 0.3) is 0 Å². The van der Waals surface area contributed by atoms with Crippen LogP contribution in [0.2, 0.25) is 0 Å². The largest absolute Gasteiger partial charge is 0.468 e. The Hall–Kier alpha value is -2.01. The van der Waals surface area contributed by atoms with Crippen LogP contribution in [-0.4, -0.2) is 5.91 Å². The lowest BCUT2D eigenvalue weighted by Gasteiger charge is -2.09. The topological polar surface area (TPSA) is 81.4 Å². The molecule has 0 atom stereocenters. The van der Waals surface area contributed by atoms with Gasteiger partial charge < -0.3 is 8.83 Å². The van der Waals surface area contributed by atoms with Crippen LogP contribution in [0.3, 0.4) is 0 Å². The van der Waals surface area contributed by atoms with Gasteiger partial charge in [-0.2, -0.15) is 0 Å². The number of carbonyl (C=O) groups is 1. The first-order valence-corrected chi connectivity index (χ1v) is 4.40. The molecule has 1 amide bonds. The molecule has 3 N–H and O–H groups in total. The van der Waals surface area contributed by atoms with Gasteiger partial charge in [0, 0.05) is 0 Å². The van der Waals surface area contributed by atoms with E-state index in [-0.39, 0.29) is 5.91 Å². The number of hydrogen-bond acceptors (Lipinski definition) is 4. The van der Waals surface area contributed by atoms with E-state index in [1.807, 2.05) is 0 Å². The Morgan fingerprint density at radius 1 is 1.20 bits per heavy atom. The first-order chi connectivity index (χ1) is 7.33. The summed E-state index contributed by atoms with van der Waals surface area (Å²) in [5.74, 6) is 5.08. The summed E-state index contributed by atoms with van der Waals surface area (Å²) in [4.78, 5) is 11.6. The number of nitrogens with one attached hydrogen (secondary N) is 1. The summed E-state index contributed by atoms with van der Waals surface area (Å²) < 4.78 is 10.3. The van der Waals surface area contributed by atoms with Crippen LogP contribution >= 0.6 is 0 Å². The zero-order valence-electron chi connectivity index (χ0n) is 7.84. The van der Waals surface area contributed by atoms with Crippen LogP contribution in [0.5, 0.6) is 0 Å². The molecule has 0 saturated carbocycles. The highest BCUT2D eigenvalue weighted by Gasteiger charge is 2.27. The Morgan fingerprint density at radius 2 is 1.73 bits per heavy atom. The highest BCUT2D eigenvalue weighted by Crippen LogP contribution is 2.25. The first kappa shape index (κ1) is 9.54. The molecule has 15 heavy (non-hydrogen) atoms. The van der Waals surface area contributed by atoms with Crippen molar-refractivity contribution in [3.8, 4) is 0 Å². The molecular formula is C10H10N2O3. The van der Waals surface area contributed by atoms with Crippen molar-refractivity contribution in [2.45, 2.75) is 5.92 Å². The SMILES string of the molecule is NNC(=O)C(c1ccco1)c1ccco1. The molecule has 0 radical (unpaired) electrons. The Bertz CT molecular complexity index is 385. The van der Waals surface area contributed by atoms with Gasteiger partial charge in [0.05, 0.1) is 12.5 Å². The molecule has 0 spiro atoms. The number of hydrogen-bond donors (Lipinski definition) is 2. The van der Waals surface area contributed by atoms with Crippen molar-refractivity contribution < 1.29 is 13.6 Å². The van der Waals surface area contributed by atoms with E-state index in [0.717, 1.165) is 0 Å². The van der Waals surface area contributed by atoms with E-state index in [4.69, 9.17) is 14.7 Å². The minimum atomic E-state index is -0.639. The number of hydrazine groups is 1. The molecule has 0 aromatic carbocycles. The molecule has 0 saturated heterocycles. The fourth-order valence-corrected chi connectivity index (χ4v) is 1.39. The second kappa shape index (κ2) is 4.02. The van der Waals surface area contributed by atoms with Gasteiger partial charge >= 0.3 is 0 Å². The first-order valence-electron chi connectivity index (χ1n) is 4.40. The lowest BCUT2D eigenvalue weighted by Crippen LogP contribution is -2.35. The third kappa shape index (κ3) is 1.77. The summed E-state index contributed by atoms with van der Waals surface area (Å²) in [6.07, 6.45) is 2.99. The molecule has 2 aromatic rings. The summed E-state index contributed by atoms with van der Waals surface area (Å²) in [6.45, 7) is 0. The number of furan rings is 2. The lowest BCUT2D eigenvalue weighted by atomic mass is 10.0. The summed E-state index contributed by atoms with van der Waals surface area (Å²) in [5.41, 5.74) is 2.08. The Labute approximate surface area is 85.8 Å². The third-order valence-corrected chi connectivity index (χ3v) is 2.06. The fourth-order valence-electron chi connectivity index (χ4n) is 1.39. The Balaban J connectivity index is 2.37. The molecule has 78 valence electrons. The lowest BCUT2D eigenvalue weighted by molar-refractivity contribution is -0.122. The maximum Gasteiger partial charge on any atom is 0.252 e. The van der Waals surface area contributed by atoms with Crippen LogP contribution < -0.4 is 11.3 Å². The normalized spacial score (nSPS) is 10.5. The summed E-state index contributed by atoms with van der Waals surface area (Å²) in [7, 11) is 0. The van der Waals surface area contributed by atoms with E-state index in [9.17, 15) is 4.79 Å². The van der Waals surface area contributed by atoms with Crippen molar-refractivity contribution >= 4 is 5.91 Å². The predicted octanol–water partition coefficient (Wildman–Crippen LogP) is 0.994. The quantitative estimate of drug-likeness (QED) is 0.446. The molecule has 5 nitrogen and oxygen atoms in total. The number of amides is 1. The Kier molecular flexibility index (Phi) is 2.55. The summed E-state index contributed by atoms with van der Waals surface area (Å²) in [5, 5.41) is 0. The highest BCUT2D eigenvalue weighted by atomic mass is 16.3. The second-order valence-corrected chi connectivity index (χ2v) is 2.97. The number of carbonyl (C=O) groups excluding carboxylic acids is 1. The summed E-state index contributed by atoms with van der Waals surface area (Å²) >= 11 is 0. The van der Waals surface area contributed by atoms with E-state index in [1.165, 1.54) is 12.5 Å². The van der Waals surface area contributed by atoms with E-state index < -0.39 is 5.92 Å². The van der Waals surface area contributed by atoms with Crippen LogP contribution in [0.15, 0.2) is 45.6 Å². The van der Waals surface area contributed by atoms with Crippen molar-refractivity contribution in [3.63, 3.8) is 0 Å². The van der Waals surface area contributed by atoms with Crippen molar-refractivity contribution in [2.24, 2.45) is 5.84 Å². The third-order valence-electron chi connectivity index (χ3n) is 2.06. The molecule has 0 aliphatic heterocycles. The molecule has 5 heteroatoms. The monoisotopic (exact) mass is 206 g/mol. The van der Waals surface area contributed by atoms with E-state index in [1.54, 1.807) is 24.3 Å². The van der Waals surface area contributed by atoms with Crippen molar-refractivity contribution in [1.82, 2.24) is 5.43 Å². The molecule has 0 fully saturated rings. The van der Waals surface area contributed by atoms with Gasteiger partial charge in [-0.1, -0.05) is 0 Å². The maximum absolute atomic E-state index is 11.6. The van der Waals surface area contributed by atoms with Crippen LogP contribution in [0.1, 0.15) is 17.4 Å². The smallest absolute Gasteiger partial charge is 0.252 e. The second-order valence-electron chi connectivity index (χ2n) is 2.97. The van der Waals surface area contributed by atoms with Gasteiger partial charge in [-0.3, -0.25) is 10.2 Å². The van der Waals surface area contributed by atoms with Gasteiger partial charge in [0.15, 0.2) is 5.92 Å². The zero-order valence-corrected chi connectivity index (χ0v) is 7.84. The molecule has 0 aliphatic carbocycles. The molecule has 2 rings (SSSR count). The fraction of sp³-hybridized carbons (Fsp3) is 0.100. The number of rotatable bonds is 3. The average molecular weight is 206 g/mol. The predicted molar refractivity (Wildman–Crippen MR) is 51.6 cm³/mol. The van der Waals surface area contributed by atoms with Crippen molar-refractivity contribution in [1.29, 1.82) is 0 Å². The van der Waals surface area contributed by atoms with Gasteiger partial charge in [0.25, 0.3) is 5.91 Å². The molecule has 0 aliphatic rings. The molecular weight excluding hydrogens is 196 g/mol. The van der Waals surface area contributed by atoms with Gasteiger partial charge in [0.2, 0.25) is 0 Å². The van der Waals surface area contributed by atoms with Gasteiger partial charge in [0.1, 0.15) is 11.5 Å². The van der Waals surface area contributed by atoms with Gasteiger partial charge in [-0.15, -0.1) is 0 Å². The van der Waals surface area contributed by atoms with Gasteiger partial charge in [-0.25, -0.2) is 5.84 Å². The minimum Gasteiger partial charge on any atom is -0.468 e. The van der Waals surface area contributed by atoms with Crippen molar-refractivity contribution in [3.05, 3.63) is 48.3 Å². The molecule has 2 heterocycles. The van der Waals surface area contributed by atoms with Crippen LogP contribution in [-0.2, 0) is 4.79 Å². The highest BCUT2D eigenvalue weighted by molar-refractivity contribution is 5.85. The standard InChI is InChI=1S/C10H10N2O3/c11-12-10(13)9(7-3-1-5-14-7)8-4-2-6-15-8/h1-6,9H,11H2,(H,12,13). The number of nitrogens with two attached hydrogens (primary N) is 1. The minimum absolute atomic E-state index is 0.375. The molecule has 0 unspecified atom stereocenters. The molecule has 0 bridgehead atoms. The van der Waals surface area contributed by atoms with E-state index in [0.29, 0.717) is 11.5 Å². The average Bonchev–Trinajstić information content (AvgIpc) is 2.90. The van der Waals surface area contributed by atoms with E-state index in [2.05, 4.69) is 5.43 Å². The maximum atomic E-state index is 11.6. The zero-order chi connectivity index (χ0) is 10.7.